The van der Waals surface area contributed by atoms with Gasteiger partial charge in [0.1, 0.15) is 11.0 Å². The van der Waals surface area contributed by atoms with E-state index in [4.69, 9.17) is 16.3 Å². The minimum Gasteiger partial charge on any atom is -0.462 e. The third-order valence-corrected chi connectivity index (χ3v) is 5.36. The molecule has 0 aromatic carbocycles. The van der Waals surface area contributed by atoms with Gasteiger partial charge in [-0.2, -0.15) is 5.10 Å². The molecular weight excluding hydrogens is 404 g/mol. The number of amides is 2. The fourth-order valence-electron chi connectivity index (χ4n) is 2.38. The maximum Gasteiger partial charge on any atom is 0.341 e. The van der Waals surface area contributed by atoms with Crippen molar-refractivity contribution in [3.05, 3.63) is 33.4 Å². The molecule has 0 radical (unpaired) electrons. The van der Waals surface area contributed by atoms with Crippen LogP contribution in [0.3, 0.4) is 0 Å². The lowest BCUT2D eigenvalue weighted by molar-refractivity contribution is -0.119. The molecule has 10 heteroatoms. The monoisotopic (exact) mass is 426 g/mol. The molecule has 2 rings (SSSR count). The first-order valence-corrected chi connectivity index (χ1v) is 9.89. The Morgan fingerprint density at radius 1 is 1.39 bits per heavy atom. The van der Waals surface area contributed by atoms with Crippen LogP contribution in [0, 0.1) is 6.92 Å². The van der Waals surface area contributed by atoms with E-state index in [1.807, 2.05) is 6.92 Å². The van der Waals surface area contributed by atoms with E-state index in [2.05, 4.69) is 10.4 Å². The second-order valence-corrected chi connectivity index (χ2v) is 7.86. The minimum absolute atomic E-state index is 0.197. The second-order valence-electron chi connectivity index (χ2n) is 6.40. The van der Waals surface area contributed by atoms with Crippen LogP contribution in [0.5, 0.6) is 0 Å². The van der Waals surface area contributed by atoms with Gasteiger partial charge in [0.25, 0.3) is 5.91 Å². The molecule has 1 unspecified atom stereocenters. The van der Waals surface area contributed by atoms with Crippen LogP contribution in [0.1, 0.15) is 51.9 Å². The third-order valence-electron chi connectivity index (χ3n) is 3.97. The summed E-state index contributed by atoms with van der Waals surface area (Å²) in [7, 11) is 3.25. The topological polar surface area (TPSA) is 93.5 Å². The van der Waals surface area contributed by atoms with Crippen LogP contribution < -0.4 is 5.32 Å². The molecule has 0 aliphatic rings. The Morgan fingerprint density at radius 3 is 2.61 bits per heavy atom. The Hall–Kier alpha value is -2.39. The normalized spacial score (nSPS) is 11.8. The number of ether oxygens (including phenoxy) is 1. The highest BCUT2D eigenvalue weighted by Gasteiger charge is 2.28. The van der Waals surface area contributed by atoms with Crippen LogP contribution in [0.25, 0.3) is 0 Å². The molecule has 0 bridgehead atoms. The van der Waals surface area contributed by atoms with E-state index in [9.17, 15) is 14.4 Å². The number of esters is 1. The van der Waals surface area contributed by atoms with E-state index in [0.29, 0.717) is 21.9 Å². The van der Waals surface area contributed by atoms with E-state index in [1.54, 1.807) is 27.9 Å². The SMILES string of the molecule is CCCOC(=O)c1c(NC(=O)C(C)n2cc(Cl)cn2)sc(C(=O)N(C)C)c1C. The molecule has 2 aromatic heterocycles. The van der Waals surface area contributed by atoms with Crippen molar-refractivity contribution in [1.29, 1.82) is 0 Å². The smallest absolute Gasteiger partial charge is 0.341 e. The van der Waals surface area contributed by atoms with Gasteiger partial charge in [-0.25, -0.2) is 4.79 Å². The number of nitrogens with one attached hydrogen (secondary N) is 1. The van der Waals surface area contributed by atoms with Crippen LogP contribution >= 0.6 is 22.9 Å². The van der Waals surface area contributed by atoms with Crippen molar-refractivity contribution in [2.45, 2.75) is 33.2 Å². The summed E-state index contributed by atoms with van der Waals surface area (Å²) in [5.41, 5.74) is 0.678. The number of carbonyl (C=O) groups excluding carboxylic acids is 3. The Balaban J connectivity index is 2.37. The number of carbonyl (C=O) groups is 3. The van der Waals surface area contributed by atoms with Crippen molar-refractivity contribution < 1.29 is 19.1 Å². The highest BCUT2D eigenvalue weighted by atomic mass is 35.5. The van der Waals surface area contributed by atoms with Gasteiger partial charge in [0, 0.05) is 20.3 Å². The number of anilines is 1. The molecule has 0 saturated carbocycles. The number of thiophene rings is 1. The molecule has 1 N–H and O–H groups in total. The average Bonchev–Trinajstić information content (AvgIpc) is 3.21. The van der Waals surface area contributed by atoms with E-state index in [1.165, 1.54) is 22.0 Å². The molecular formula is C18H23ClN4O4S. The van der Waals surface area contributed by atoms with E-state index in [-0.39, 0.29) is 23.1 Å². The summed E-state index contributed by atoms with van der Waals surface area (Å²) in [5.74, 6) is -1.22. The zero-order valence-corrected chi connectivity index (χ0v) is 18.0. The van der Waals surface area contributed by atoms with Gasteiger partial charge in [-0.3, -0.25) is 14.3 Å². The summed E-state index contributed by atoms with van der Waals surface area (Å²) in [4.78, 5) is 39.5. The van der Waals surface area contributed by atoms with Crippen LogP contribution in [0.2, 0.25) is 5.02 Å². The van der Waals surface area contributed by atoms with Gasteiger partial charge in [0.15, 0.2) is 0 Å². The first-order chi connectivity index (χ1) is 13.2. The number of hydrogen-bond donors (Lipinski definition) is 1. The summed E-state index contributed by atoms with van der Waals surface area (Å²) >= 11 is 6.91. The number of rotatable bonds is 7. The number of aromatic nitrogens is 2. The predicted molar refractivity (Wildman–Crippen MR) is 108 cm³/mol. The summed E-state index contributed by atoms with van der Waals surface area (Å²) < 4.78 is 6.65. The zero-order chi connectivity index (χ0) is 21.0. The van der Waals surface area contributed by atoms with Gasteiger partial charge < -0.3 is 15.0 Å². The van der Waals surface area contributed by atoms with E-state index < -0.39 is 17.9 Å². The first kappa shape index (κ1) is 21.9. The summed E-state index contributed by atoms with van der Waals surface area (Å²) in [5, 5.41) is 7.45. The minimum atomic E-state index is -0.664. The van der Waals surface area contributed by atoms with Gasteiger partial charge in [0.2, 0.25) is 5.91 Å². The molecule has 0 aliphatic heterocycles. The van der Waals surface area contributed by atoms with E-state index in [0.717, 1.165) is 11.3 Å². The lowest BCUT2D eigenvalue weighted by Crippen LogP contribution is -2.24. The highest BCUT2D eigenvalue weighted by Crippen LogP contribution is 2.35. The molecule has 2 aromatic rings. The average molecular weight is 427 g/mol. The number of halogens is 1. The summed E-state index contributed by atoms with van der Waals surface area (Å²) in [6.07, 6.45) is 3.63. The van der Waals surface area contributed by atoms with Crippen molar-refractivity contribution in [2.24, 2.45) is 0 Å². The fraction of sp³-hybridized carbons (Fsp3) is 0.444. The molecule has 1 atom stereocenters. The molecule has 0 spiro atoms. The number of hydrogen-bond acceptors (Lipinski definition) is 6. The summed E-state index contributed by atoms with van der Waals surface area (Å²) in [6.45, 7) is 5.46. The highest BCUT2D eigenvalue weighted by molar-refractivity contribution is 7.18. The lowest BCUT2D eigenvalue weighted by Gasteiger charge is -2.13. The van der Waals surface area contributed by atoms with Crippen LogP contribution in [-0.4, -0.2) is 53.2 Å². The largest absolute Gasteiger partial charge is 0.462 e. The second kappa shape index (κ2) is 9.20. The van der Waals surface area contributed by atoms with Crippen molar-refractivity contribution in [2.75, 3.05) is 26.0 Å². The van der Waals surface area contributed by atoms with Gasteiger partial charge in [-0.15, -0.1) is 11.3 Å². The molecule has 28 heavy (non-hydrogen) atoms. The van der Waals surface area contributed by atoms with Crippen LogP contribution in [0.4, 0.5) is 5.00 Å². The molecule has 0 saturated heterocycles. The van der Waals surface area contributed by atoms with Crippen molar-refractivity contribution in [1.82, 2.24) is 14.7 Å². The molecule has 2 heterocycles. The fourth-order valence-corrected chi connectivity index (χ4v) is 3.75. The van der Waals surface area contributed by atoms with Crippen LogP contribution in [0.15, 0.2) is 12.4 Å². The van der Waals surface area contributed by atoms with Crippen molar-refractivity contribution >= 4 is 45.7 Å². The molecule has 2 amide bonds. The van der Waals surface area contributed by atoms with Gasteiger partial charge in [0.05, 0.1) is 28.3 Å². The Kier molecular flexibility index (Phi) is 7.20. The number of nitrogens with zero attached hydrogens (tertiary/aromatic N) is 3. The van der Waals surface area contributed by atoms with Gasteiger partial charge in [-0.05, 0) is 25.8 Å². The first-order valence-electron chi connectivity index (χ1n) is 8.70. The quantitative estimate of drug-likeness (QED) is 0.685. The van der Waals surface area contributed by atoms with Gasteiger partial charge >= 0.3 is 5.97 Å². The standard InChI is InChI=1S/C18H23ClN4O4S/c1-6-7-27-18(26)13-10(2)14(17(25)22(4)5)28-16(13)21-15(24)11(3)23-9-12(19)8-20-23/h8-9,11H,6-7H2,1-5H3,(H,21,24). The maximum atomic E-state index is 12.7. The Labute approximate surface area is 172 Å². The Morgan fingerprint density at radius 2 is 2.07 bits per heavy atom. The third kappa shape index (κ3) is 4.71. The van der Waals surface area contributed by atoms with Crippen molar-refractivity contribution in [3.63, 3.8) is 0 Å². The van der Waals surface area contributed by atoms with Gasteiger partial charge in [-0.1, -0.05) is 18.5 Å². The lowest BCUT2D eigenvalue weighted by atomic mass is 10.1. The predicted octanol–water partition coefficient (Wildman–Crippen LogP) is 3.37. The summed E-state index contributed by atoms with van der Waals surface area (Å²) in [6, 6.07) is -0.664. The molecule has 0 fully saturated rings. The zero-order valence-electron chi connectivity index (χ0n) is 16.4. The Bertz CT molecular complexity index is 890. The van der Waals surface area contributed by atoms with Crippen molar-refractivity contribution in [3.8, 4) is 0 Å². The molecule has 152 valence electrons. The molecule has 8 nitrogen and oxygen atoms in total. The maximum absolute atomic E-state index is 12.7. The van der Waals surface area contributed by atoms with Crippen LogP contribution in [-0.2, 0) is 9.53 Å². The molecule has 0 aliphatic carbocycles. The van der Waals surface area contributed by atoms with E-state index >= 15 is 0 Å².